The van der Waals surface area contributed by atoms with Gasteiger partial charge in [0, 0.05) is 47.3 Å². The lowest BCUT2D eigenvalue weighted by atomic mass is 9.85. The first-order chi connectivity index (χ1) is 15.0. The van der Waals surface area contributed by atoms with E-state index in [9.17, 15) is 13.9 Å². The third kappa shape index (κ3) is 4.04. The SMILES string of the molecule is Cn1cc(-c2cc(O)c(-c3ccc(S[C@@H]4CC5CCCC(N5)[C@@H]4F)nn3)cc2F)cn1. The van der Waals surface area contributed by atoms with Gasteiger partial charge in [-0.05, 0) is 43.5 Å². The van der Waals surface area contributed by atoms with Gasteiger partial charge in [-0.2, -0.15) is 5.10 Å². The predicted molar refractivity (Wildman–Crippen MR) is 115 cm³/mol. The molecule has 2 saturated heterocycles. The maximum atomic E-state index is 14.8. The second kappa shape index (κ2) is 8.20. The summed E-state index contributed by atoms with van der Waals surface area (Å²) >= 11 is 1.41. The summed E-state index contributed by atoms with van der Waals surface area (Å²) in [5, 5.41) is 26.8. The number of alkyl halides is 1. The molecule has 5 rings (SSSR count). The number of phenolic OH excluding ortho intramolecular Hbond substituents is 1. The highest BCUT2D eigenvalue weighted by atomic mass is 32.2. The zero-order chi connectivity index (χ0) is 21.5. The second-order valence-corrected chi connectivity index (χ2v) is 9.51. The van der Waals surface area contributed by atoms with Gasteiger partial charge in [-0.15, -0.1) is 10.2 Å². The molecule has 6 nitrogen and oxygen atoms in total. The van der Waals surface area contributed by atoms with Gasteiger partial charge in [0.15, 0.2) is 0 Å². The van der Waals surface area contributed by atoms with Crippen LogP contribution in [0.25, 0.3) is 22.4 Å². The van der Waals surface area contributed by atoms with Gasteiger partial charge in [-0.25, -0.2) is 8.78 Å². The zero-order valence-electron chi connectivity index (χ0n) is 17.0. The molecule has 0 saturated carbocycles. The van der Waals surface area contributed by atoms with E-state index in [4.69, 9.17) is 0 Å². The molecule has 162 valence electrons. The van der Waals surface area contributed by atoms with Crippen molar-refractivity contribution in [1.29, 1.82) is 0 Å². The van der Waals surface area contributed by atoms with Crippen molar-refractivity contribution < 1.29 is 13.9 Å². The quantitative estimate of drug-likeness (QED) is 0.632. The molecule has 31 heavy (non-hydrogen) atoms. The van der Waals surface area contributed by atoms with E-state index in [0.717, 1.165) is 25.7 Å². The van der Waals surface area contributed by atoms with Crippen molar-refractivity contribution in [1.82, 2.24) is 25.3 Å². The molecule has 0 aliphatic carbocycles. The molecule has 0 radical (unpaired) electrons. The summed E-state index contributed by atoms with van der Waals surface area (Å²) in [6.07, 6.45) is 6.11. The molecule has 2 N–H and O–H groups in total. The van der Waals surface area contributed by atoms with Gasteiger partial charge in [0.25, 0.3) is 0 Å². The number of nitrogens with zero attached hydrogens (tertiary/aromatic N) is 4. The summed E-state index contributed by atoms with van der Waals surface area (Å²) in [5.41, 5.74) is 1.46. The highest BCUT2D eigenvalue weighted by Gasteiger charge is 2.40. The Morgan fingerprint density at radius 3 is 2.81 bits per heavy atom. The summed E-state index contributed by atoms with van der Waals surface area (Å²) in [7, 11) is 1.74. The van der Waals surface area contributed by atoms with Crippen LogP contribution >= 0.6 is 11.8 Å². The fourth-order valence-electron chi connectivity index (χ4n) is 4.50. The van der Waals surface area contributed by atoms with Crippen LogP contribution < -0.4 is 5.32 Å². The molecule has 2 aliphatic rings. The van der Waals surface area contributed by atoms with Crippen molar-refractivity contribution in [2.75, 3.05) is 0 Å². The third-order valence-electron chi connectivity index (χ3n) is 6.06. The van der Waals surface area contributed by atoms with Crippen LogP contribution in [-0.2, 0) is 7.05 Å². The van der Waals surface area contributed by atoms with Crippen molar-refractivity contribution in [3.63, 3.8) is 0 Å². The Balaban J connectivity index is 1.35. The van der Waals surface area contributed by atoms with Crippen LogP contribution in [0.1, 0.15) is 25.7 Å². The topological polar surface area (TPSA) is 75.9 Å². The molecule has 2 aromatic heterocycles. The lowest BCUT2D eigenvalue weighted by molar-refractivity contribution is 0.137. The van der Waals surface area contributed by atoms with E-state index in [0.29, 0.717) is 22.3 Å². The van der Waals surface area contributed by atoms with Crippen LogP contribution in [0.5, 0.6) is 5.75 Å². The average Bonchev–Trinajstić information content (AvgIpc) is 3.20. The highest BCUT2D eigenvalue weighted by molar-refractivity contribution is 7.99. The number of aromatic nitrogens is 4. The first-order valence-electron chi connectivity index (χ1n) is 10.4. The Bertz CT molecular complexity index is 1090. The highest BCUT2D eigenvalue weighted by Crippen LogP contribution is 2.38. The van der Waals surface area contributed by atoms with Gasteiger partial charge < -0.3 is 10.4 Å². The molecular weight excluding hydrogens is 420 g/mol. The maximum Gasteiger partial charge on any atom is 0.132 e. The molecule has 4 heterocycles. The van der Waals surface area contributed by atoms with Crippen LogP contribution in [0.4, 0.5) is 8.78 Å². The molecule has 4 atom stereocenters. The molecule has 2 bridgehead atoms. The zero-order valence-corrected chi connectivity index (χ0v) is 17.8. The largest absolute Gasteiger partial charge is 0.507 e. The summed E-state index contributed by atoms with van der Waals surface area (Å²) in [6.45, 7) is 0. The monoisotopic (exact) mass is 443 g/mol. The van der Waals surface area contributed by atoms with Gasteiger partial charge in [0.2, 0.25) is 0 Å². The molecule has 9 heteroatoms. The van der Waals surface area contributed by atoms with Crippen molar-refractivity contribution in [3.8, 4) is 28.1 Å². The number of aromatic hydroxyl groups is 1. The van der Waals surface area contributed by atoms with Crippen molar-refractivity contribution in [3.05, 3.63) is 42.5 Å². The number of nitrogens with one attached hydrogen (secondary N) is 1. The standard InChI is InChI=1S/C22H23F2N5OS/c1-29-11-12(10-25-29)14-9-19(30)15(8-16(14)23)17-5-6-21(28-27-17)31-20-7-13-3-2-4-18(26-13)22(20)24/h5-6,8-11,13,18,20,22,26,30H,2-4,7H2,1H3/t13?,18?,20-,22+/m1/s1. The van der Waals surface area contributed by atoms with E-state index < -0.39 is 12.0 Å². The Kier molecular flexibility index (Phi) is 5.39. The lowest BCUT2D eigenvalue weighted by Crippen LogP contribution is -2.56. The smallest absolute Gasteiger partial charge is 0.132 e. The van der Waals surface area contributed by atoms with Crippen molar-refractivity contribution in [2.45, 2.75) is 54.2 Å². The summed E-state index contributed by atoms with van der Waals surface area (Å²) in [5.74, 6) is -0.576. The van der Waals surface area contributed by atoms with Crippen LogP contribution in [0.2, 0.25) is 0 Å². The molecule has 0 spiro atoms. The molecule has 2 unspecified atom stereocenters. The first-order valence-corrected chi connectivity index (χ1v) is 11.3. The lowest BCUT2D eigenvalue weighted by Gasteiger charge is -2.42. The van der Waals surface area contributed by atoms with Crippen molar-refractivity contribution in [2.24, 2.45) is 7.05 Å². The van der Waals surface area contributed by atoms with Gasteiger partial charge in [-0.3, -0.25) is 4.68 Å². The second-order valence-electron chi connectivity index (χ2n) is 8.25. The van der Waals surface area contributed by atoms with Crippen LogP contribution in [0.15, 0.2) is 41.7 Å². The van der Waals surface area contributed by atoms with E-state index in [2.05, 4.69) is 20.6 Å². The summed E-state index contributed by atoms with van der Waals surface area (Å²) in [6, 6.07) is 6.35. The van der Waals surface area contributed by atoms with E-state index in [1.807, 2.05) is 0 Å². The van der Waals surface area contributed by atoms with Gasteiger partial charge in [0.1, 0.15) is 22.8 Å². The normalized spacial score (nSPS) is 25.5. The summed E-state index contributed by atoms with van der Waals surface area (Å²) < 4.78 is 31.1. The molecule has 1 aromatic carbocycles. The van der Waals surface area contributed by atoms with E-state index >= 15 is 0 Å². The maximum absolute atomic E-state index is 14.8. The van der Waals surface area contributed by atoms with Crippen LogP contribution in [-0.4, -0.2) is 48.6 Å². The van der Waals surface area contributed by atoms with E-state index in [-0.39, 0.29) is 28.2 Å². The van der Waals surface area contributed by atoms with Crippen LogP contribution in [0.3, 0.4) is 0 Å². The Morgan fingerprint density at radius 1 is 1.19 bits per heavy atom. The first kappa shape index (κ1) is 20.4. The minimum atomic E-state index is -0.916. The fourth-order valence-corrected chi connectivity index (χ4v) is 5.70. The number of benzene rings is 1. The number of halogens is 2. The number of piperidine rings is 2. The fraction of sp³-hybridized carbons (Fsp3) is 0.409. The number of aryl methyl sites for hydroxylation is 1. The molecule has 2 fully saturated rings. The average molecular weight is 444 g/mol. The van der Waals surface area contributed by atoms with E-state index in [1.54, 1.807) is 30.1 Å². The third-order valence-corrected chi connectivity index (χ3v) is 7.28. The Hall–Kier alpha value is -2.52. The van der Waals surface area contributed by atoms with Crippen molar-refractivity contribution >= 4 is 11.8 Å². The Morgan fingerprint density at radius 2 is 2.06 bits per heavy atom. The number of phenols is 1. The number of fused-ring (bicyclic) bond motifs is 2. The molecular formula is C22H23F2N5OS. The number of rotatable bonds is 4. The number of hydrogen-bond acceptors (Lipinski definition) is 6. The summed E-state index contributed by atoms with van der Waals surface area (Å²) in [4.78, 5) is 0. The Labute approximate surface area is 183 Å². The number of hydrogen-bond donors (Lipinski definition) is 2. The molecule has 0 amide bonds. The molecule has 2 aliphatic heterocycles. The number of thioether (sulfide) groups is 1. The van der Waals surface area contributed by atoms with Gasteiger partial charge in [0.05, 0.1) is 11.9 Å². The van der Waals surface area contributed by atoms with Gasteiger partial charge >= 0.3 is 0 Å². The molecule has 3 aromatic rings. The minimum absolute atomic E-state index is 0.0736. The van der Waals surface area contributed by atoms with Crippen LogP contribution in [0, 0.1) is 5.82 Å². The predicted octanol–water partition coefficient (Wildman–Crippen LogP) is 4.10. The van der Waals surface area contributed by atoms with E-state index in [1.165, 1.54) is 30.1 Å². The minimum Gasteiger partial charge on any atom is -0.507 e. The van der Waals surface area contributed by atoms with Gasteiger partial charge in [-0.1, -0.05) is 18.2 Å².